The third kappa shape index (κ3) is 4.70. The lowest BCUT2D eigenvalue weighted by atomic mass is 10.1. The zero-order valence-electron chi connectivity index (χ0n) is 10.5. The van der Waals surface area contributed by atoms with Gasteiger partial charge in [0.05, 0.1) is 10.0 Å². The largest absolute Gasteiger partial charge is 0.309 e. The van der Waals surface area contributed by atoms with Crippen LogP contribution < -0.4 is 5.32 Å². The second-order valence-corrected chi connectivity index (χ2v) is 6.53. The van der Waals surface area contributed by atoms with E-state index in [1.807, 2.05) is 30.0 Å². The molecule has 1 aromatic carbocycles. The van der Waals surface area contributed by atoms with E-state index in [1.165, 1.54) is 0 Å². The minimum atomic E-state index is 0.263. The molecule has 1 aromatic rings. The monoisotopic (exact) mass is 291 g/mol. The van der Waals surface area contributed by atoms with E-state index in [-0.39, 0.29) is 6.04 Å². The number of rotatable bonds is 6. The summed E-state index contributed by atoms with van der Waals surface area (Å²) < 4.78 is 0. The first-order chi connectivity index (χ1) is 8.06. The first-order valence-electron chi connectivity index (χ1n) is 5.85. The van der Waals surface area contributed by atoms with E-state index < -0.39 is 0 Å². The molecule has 0 fully saturated rings. The van der Waals surface area contributed by atoms with Crippen molar-refractivity contribution in [3.63, 3.8) is 0 Å². The lowest BCUT2D eigenvalue weighted by Gasteiger charge is -2.20. The van der Waals surface area contributed by atoms with Crippen LogP contribution in [0.3, 0.4) is 0 Å². The lowest BCUT2D eigenvalue weighted by molar-refractivity contribution is 0.605. The average molecular weight is 292 g/mol. The molecule has 0 aliphatic heterocycles. The molecular weight excluding hydrogens is 273 g/mol. The number of hydrogen-bond acceptors (Lipinski definition) is 2. The molecule has 4 heteroatoms. The first-order valence-corrected chi connectivity index (χ1v) is 7.65. The number of nitrogens with one attached hydrogen (secondary N) is 1. The molecule has 0 aliphatic carbocycles. The van der Waals surface area contributed by atoms with E-state index in [9.17, 15) is 0 Å². The maximum atomic E-state index is 6.26. The highest BCUT2D eigenvalue weighted by Gasteiger charge is 2.15. The Morgan fingerprint density at radius 2 is 2.00 bits per heavy atom. The summed E-state index contributed by atoms with van der Waals surface area (Å²) >= 11 is 14.2. The first kappa shape index (κ1) is 15.2. The zero-order chi connectivity index (χ0) is 12.8. The Kier molecular flexibility index (Phi) is 6.71. The van der Waals surface area contributed by atoms with Gasteiger partial charge in [0.1, 0.15) is 0 Å². The zero-order valence-corrected chi connectivity index (χ0v) is 12.8. The average Bonchev–Trinajstić information content (AvgIpc) is 2.28. The molecule has 0 aromatic heterocycles. The third-order valence-corrected chi connectivity index (χ3v) is 4.43. The van der Waals surface area contributed by atoms with E-state index in [4.69, 9.17) is 23.2 Å². The van der Waals surface area contributed by atoms with E-state index in [1.54, 1.807) is 0 Å². The molecule has 1 rings (SSSR count). The maximum absolute atomic E-state index is 6.26. The fourth-order valence-electron chi connectivity index (χ4n) is 1.58. The number of benzene rings is 1. The van der Waals surface area contributed by atoms with Gasteiger partial charge in [0.25, 0.3) is 0 Å². The molecule has 0 saturated carbocycles. The Morgan fingerprint density at radius 1 is 1.29 bits per heavy atom. The number of hydrogen-bond donors (Lipinski definition) is 1. The molecular formula is C13H19Cl2NS. The summed E-state index contributed by atoms with van der Waals surface area (Å²) in [5.74, 6) is 1.01. The summed E-state index contributed by atoms with van der Waals surface area (Å²) in [5, 5.41) is 5.38. The molecule has 0 radical (unpaired) electrons. The quantitative estimate of drug-likeness (QED) is 0.809. The van der Waals surface area contributed by atoms with Crippen molar-refractivity contribution < 1.29 is 0 Å². The van der Waals surface area contributed by atoms with Crippen LogP contribution in [0.1, 0.15) is 32.4 Å². The van der Waals surface area contributed by atoms with Gasteiger partial charge in [-0.05, 0) is 23.4 Å². The van der Waals surface area contributed by atoms with E-state index in [0.717, 1.165) is 17.9 Å². The van der Waals surface area contributed by atoms with Crippen molar-refractivity contribution >= 4 is 35.0 Å². The van der Waals surface area contributed by atoms with Gasteiger partial charge < -0.3 is 5.32 Å². The van der Waals surface area contributed by atoms with Crippen molar-refractivity contribution in [1.82, 2.24) is 5.32 Å². The Hall–Kier alpha value is 0.110. The number of halogens is 2. The van der Waals surface area contributed by atoms with E-state index in [0.29, 0.717) is 15.3 Å². The maximum Gasteiger partial charge on any atom is 0.0640 e. The van der Waals surface area contributed by atoms with Crippen LogP contribution in [-0.4, -0.2) is 17.5 Å². The summed E-state index contributed by atoms with van der Waals surface area (Å²) in [4.78, 5) is 0. The fraction of sp³-hybridized carbons (Fsp3) is 0.538. The molecule has 0 heterocycles. The third-order valence-electron chi connectivity index (χ3n) is 2.40. The molecule has 1 atom stereocenters. The van der Waals surface area contributed by atoms with Crippen molar-refractivity contribution in [2.24, 2.45) is 0 Å². The van der Waals surface area contributed by atoms with Crippen LogP contribution in [0.2, 0.25) is 10.0 Å². The summed E-state index contributed by atoms with van der Waals surface area (Å²) in [6.07, 6.45) is 0. The van der Waals surface area contributed by atoms with Crippen molar-refractivity contribution in [3.05, 3.63) is 33.8 Å². The molecule has 0 aliphatic rings. The standard InChI is InChI=1S/C13H19Cl2NS/c1-4-16-12(8-17-9(2)3)10-6-5-7-11(14)13(10)15/h5-7,9,12,16H,4,8H2,1-3H3. The molecule has 0 spiro atoms. The van der Waals surface area contributed by atoms with Crippen LogP contribution in [0.15, 0.2) is 18.2 Å². The Morgan fingerprint density at radius 3 is 2.59 bits per heavy atom. The van der Waals surface area contributed by atoms with Crippen LogP contribution in [-0.2, 0) is 0 Å². The summed E-state index contributed by atoms with van der Waals surface area (Å²) in [6.45, 7) is 7.43. The minimum Gasteiger partial charge on any atom is -0.309 e. The van der Waals surface area contributed by atoms with Gasteiger partial charge in [-0.2, -0.15) is 11.8 Å². The normalized spacial score (nSPS) is 13.1. The Labute approximate surface area is 118 Å². The molecule has 17 heavy (non-hydrogen) atoms. The highest BCUT2D eigenvalue weighted by atomic mass is 35.5. The molecule has 1 unspecified atom stereocenters. The van der Waals surface area contributed by atoms with Gasteiger partial charge >= 0.3 is 0 Å². The van der Waals surface area contributed by atoms with Gasteiger partial charge in [0.15, 0.2) is 0 Å². The fourth-order valence-corrected chi connectivity index (χ4v) is 2.90. The van der Waals surface area contributed by atoms with E-state index >= 15 is 0 Å². The topological polar surface area (TPSA) is 12.0 Å². The van der Waals surface area contributed by atoms with Crippen LogP contribution in [0.25, 0.3) is 0 Å². The van der Waals surface area contributed by atoms with E-state index in [2.05, 4.69) is 26.1 Å². The van der Waals surface area contributed by atoms with Gasteiger partial charge in [-0.1, -0.05) is 56.1 Å². The second-order valence-electron chi connectivity index (χ2n) is 4.14. The predicted octanol–water partition coefficient (Wildman–Crippen LogP) is 4.79. The smallest absolute Gasteiger partial charge is 0.0640 e. The summed E-state index contributed by atoms with van der Waals surface area (Å²) in [5.41, 5.74) is 1.09. The lowest BCUT2D eigenvalue weighted by Crippen LogP contribution is -2.23. The van der Waals surface area contributed by atoms with Crippen LogP contribution in [0, 0.1) is 0 Å². The minimum absolute atomic E-state index is 0.263. The molecule has 0 amide bonds. The highest BCUT2D eigenvalue weighted by molar-refractivity contribution is 7.99. The van der Waals surface area contributed by atoms with Crippen molar-refractivity contribution in [3.8, 4) is 0 Å². The van der Waals surface area contributed by atoms with Crippen molar-refractivity contribution in [2.45, 2.75) is 32.1 Å². The van der Waals surface area contributed by atoms with Gasteiger partial charge in [-0.15, -0.1) is 0 Å². The molecule has 1 N–H and O–H groups in total. The van der Waals surface area contributed by atoms with Gasteiger partial charge in [-0.25, -0.2) is 0 Å². The second kappa shape index (κ2) is 7.52. The predicted molar refractivity (Wildman–Crippen MR) is 80.5 cm³/mol. The van der Waals surface area contributed by atoms with Crippen molar-refractivity contribution in [2.75, 3.05) is 12.3 Å². The van der Waals surface area contributed by atoms with Crippen LogP contribution in [0.5, 0.6) is 0 Å². The SMILES string of the molecule is CCNC(CSC(C)C)c1cccc(Cl)c1Cl. The summed E-state index contributed by atoms with van der Waals surface area (Å²) in [6, 6.07) is 6.08. The molecule has 0 bridgehead atoms. The van der Waals surface area contributed by atoms with Crippen LogP contribution >= 0.6 is 35.0 Å². The molecule has 1 nitrogen and oxygen atoms in total. The molecule has 0 saturated heterocycles. The van der Waals surface area contributed by atoms with Gasteiger partial charge in [-0.3, -0.25) is 0 Å². The molecule has 96 valence electrons. The Balaban J connectivity index is 2.85. The number of thioether (sulfide) groups is 1. The Bertz CT molecular complexity index is 355. The van der Waals surface area contributed by atoms with Gasteiger partial charge in [0, 0.05) is 11.8 Å². The van der Waals surface area contributed by atoms with Crippen molar-refractivity contribution in [1.29, 1.82) is 0 Å². The van der Waals surface area contributed by atoms with Gasteiger partial charge in [0.2, 0.25) is 0 Å². The summed E-state index contributed by atoms with van der Waals surface area (Å²) in [7, 11) is 0. The highest BCUT2D eigenvalue weighted by Crippen LogP contribution is 2.32. The van der Waals surface area contributed by atoms with Crippen LogP contribution in [0.4, 0.5) is 0 Å².